The number of ether oxygens (including phenoxy) is 1. The maximum Gasteiger partial charge on any atom is 0.307 e. The van der Waals surface area contributed by atoms with Gasteiger partial charge in [0.15, 0.2) is 0 Å². The van der Waals surface area contributed by atoms with Crippen molar-refractivity contribution in [3.63, 3.8) is 0 Å². The van der Waals surface area contributed by atoms with E-state index in [0.717, 1.165) is 31.4 Å². The van der Waals surface area contributed by atoms with Gasteiger partial charge in [0.1, 0.15) is 12.3 Å². The van der Waals surface area contributed by atoms with E-state index in [0.29, 0.717) is 17.1 Å². The molecule has 0 spiro atoms. The molecule has 0 aliphatic heterocycles. The smallest absolute Gasteiger partial charge is 0.307 e. The Hall–Kier alpha value is -3.63. The zero-order valence-corrected chi connectivity index (χ0v) is 20.4. The summed E-state index contributed by atoms with van der Waals surface area (Å²) in [4.78, 5) is 24.9. The summed E-state index contributed by atoms with van der Waals surface area (Å²) in [5.41, 5.74) is 2.45. The summed E-state index contributed by atoms with van der Waals surface area (Å²) in [5, 5.41) is 2.74. The molecule has 0 atom stereocenters. The summed E-state index contributed by atoms with van der Waals surface area (Å²) in [5.74, 6) is -0.0624. The molecule has 0 radical (unpaired) electrons. The van der Waals surface area contributed by atoms with E-state index in [-0.39, 0.29) is 9.77 Å². The van der Waals surface area contributed by atoms with Gasteiger partial charge in [0, 0.05) is 18.8 Å². The second kappa shape index (κ2) is 9.32. The number of aromatic nitrogens is 1. The molecule has 0 saturated heterocycles. The summed E-state index contributed by atoms with van der Waals surface area (Å²) in [6, 6.07) is 18.1. The normalized spacial score (nSPS) is 11.4. The van der Waals surface area contributed by atoms with Crippen molar-refractivity contribution in [2.24, 2.45) is 7.05 Å². The Morgan fingerprint density at radius 3 is 2.53 bits per heavy atom. The number of carbonyl (C=O) groups is 1. The minimum Gasteiger partial charge on any atom is -0.497 e. The molecule has 34 heavy (non-hydrogen) atoms. The van der Waals surface area contributed by atoms with Crippen molar-refractivity contribution in [3.8, 4) is 5.75 Å². The summed E-state index contributed by atoms with van der Waals surface area (Å²) >= 11 is 1.07. The highest BCUT2D eigenvalue weighted by atomic mass is 32.2. The van der Waals surface area contributed by atoms with E-state index in [2.05, 4.69) is 5.32 Å². The second-order valence-electron chi connectivity index (χ2n) is 7.68. The van der Waals surface area contributed by atoms with E-state index in [1.807, 2.05) is 6.92 Å². The molecule has 0 aliphatic carbocycles. The van der Waals surface area contributed by atoms with Gasteiger partial charge < -0.3 is 14.6 Å². The highest BCUT2D eigenvalue weighted by Gasteiger charge is 2.27. The third-order valence-corrected chi connectivity index (χ3v) is 8.10. The van der Waals surface area contributed by atoms with E-state index in [4.69, 9.17) is 4.74 Å². The van der Waals surface area contributed by atoms with Gasteiger partial charge in [-0.05, 0) is 49.4 Å². The number of thiazole rings is 1. The monoisotopic (exact) mass is 497 g/mol. The van der Waals surface area contributed by atoms with Crippen LogP contribution in [0.4, 0.5) is 11.4 Å². The van der Waals surface area contributed by atoms with Gasteiger partial charge in [-0.2, -0.15) is 0 Å². The number of amides is 1. The first-order valence-corrected chi connectivity index (χ1v) is 12.6. The van der Waals surface area contributed by atoms with Crippen molar-refractivity contribution in [3.05, 3.63) is 82.0 Å². The van der Waals surface area contributed by atoms with Crippen LogP contribution in [0.25, 0.3) is 10.2 Å². The minimum atomic E-state index is -4.05. The molecule has 0 aliphatic rings. The lowest BCUT2D eigenvalue weighted by Gasteiger charge is -2.24. The molecule has 0 bridgehead atoms. The number of fused-ring (bicyclic) bond motifs is 1. The predicted octanol–water partition coefficient (Wildman–Crippen LogP) is 3.75. The van der Waals surface area contributed by atoms with Gasteiger partial charge in [-0.25, -0.2) is 8.42 Å². The lowest BCUT2D eigenvalue weighted by molar-refractivity contribution is -0.114. The van der Waals surface area contributed by atoms with Crippen LogP contribution in [-0.4, -0.2) is 32.5 Å². The Morgan fingerprint density at radius 1 is 1.09 bits per heavy atom. The molecule has 10 heteroatoms. The summed E-state index contributed by atoms with van der Waals surface area (Å²) in [7, 11) is -0.879. The molecule has 3 aromatic carbocycles. The first-order valence-electron chi connectivity index (χ1n) is 10.3. The summed E-state index contributed by atoms with van der Waals surface area (Å²) in [6.45, 7) is 1.41. The molecule has 1 amide bonds. The standard InChI is InChI=1S/C24H23N3O5S2/c1-16-7-10-20(11-8-16)34(30,31)27(18-5-4-6-19(14-18)32-3)15-23(28)25-17-9-12-21-22(13-17)33-24(29)26(21)2/h4-14H,15H2,1-3H3,(H,25,28). The van der Waals surface area contributed by atoms with Gasteiger partial charge in [-0.3, -0.25) is 13.9 Å². The Balaban J connectivity index is 1.66. The third kappa shape index (κ3) is 4.68. The molecule has 0 saturated carbocycles. The van der Waals surface area contributed by atoms with Crippen LogP contribution in [0.15, 0.2) is 76.4 Å². The number of hydrogen-bond acceptors (Lipinski definition) is 6. The number of nitrogens with one attached hydrogen (secondary N) is 1. The van der Waals surface area contributed by atoms with E-state index in [1.54, 1.807) is 61.6 Å². The van der Waals surface area contributed by atoms with Gasteiger partial charge in [0.25, 0.3) is 10.0 Å². The molecule has 8 nitrogen and oxygen atoms in total. The Kier molecular flexibility index (Phi) is 6.45. The van der Waals surface area contributed by atoms with Crippen LogP contribution in [-0.2, 0) is 21.9 Å². The number of benzene rings is 3. The zero-order chi connectivity index (χ0) is 24.5. The third-order valence-electron chi connectivity index (χ3n) is 5.31. The fourth-order valence-electron chi connectivity index (χ4n) is 3.46. The lowest BCUT2D eigenvalue weighted by atomic mass is 10.2. The number of rotatable bonds is 7. The van der Waals surface area contributed by atoms with Crippen LogP contribution >= 0.6 is 11.3 Å². The Labute approximate surface area is 201 Å². The van der Waals surface area contributed by atoms with Crippen LogP contribution in [0, 0.1) is 6.92 Å². The molecule has 4 rings (SSSR count). The molecule has 1 aromatic heterocycles. The largest absolute Gasteiger partial charge is 0.497 e. The minimum absolute atomic E-state index is 0.0733. The quantitative estimate of drug-likeness (QED) is 0.419. The van der Waals surface area contributed by atoms with Crippen molar-refractivity contribution in [2.45, 2.75) is 11.8 Å². The van der Waals surface area contributed by atoms with Crippen LogP contribution in [0.1, 0.15) is 5.56 Å². The average Bonchev–Trinajstić information content (AvgIpc) is 3.10. The lowest BCUT2D eigenvalue weighted by Crippen LogP contribution is -2.38. The van der Waals surface area contributed by atoms with Gasteiger partial charge >= 0.3 is 4.87 Å². The van der Waals surface area contributed by atoms with E-state index in [9.17, 15) is 18.0 Å². The van der Waals surface area contributed by atoms with Gasteiger partial charge in [0.2, 0.25) is 5.91 Å². The Bertz CT molecular complexity index is 1520. The topological polar surface area (TPSA) is 97.7 Å². The molecule has 176 valence electrons. The highest BCUT2D eigenvalue weighted by molar-refractivity contribution is 7.92. The van der Waals surface area contributed by atoms with Crippen molar-refractivity contribution in [2.75, 3.05) is 23.3 Å². The van der Waals surface area contributed by atoms with Crippen LogP contribution < -0.4 is 19.2 Å². The van der Waals surface area contributed by atoms with Crippen molar-refractivity contribution in [1.29, 1.82) is 0 Å². The summed E-state index contributed by atoms with van der Waals surface area (Å²) in [6.07, 6.45) is 0. The molecule has 4 aromatic rings. The van der Waals surface area contributed by atoms with Crippen molar-refractivity contribution in [1.82, 2.24) is 4.57 Å². The van der Waals surface area contributed by atoms with Crippen molar-refractivity contribution < 1.29 is 17.9 Å². The Morgan fingerprint density at radius 2 is 1.82 bits per heavy atom. The van der Waals surface area contributed by atoms with Gasteiger partial charge in [-0.15, -0.1) is 0 Å². The molecular formula is C24H23N3O5S2. The SMILES string of the molecule is COc1cccc(N(CC(=O)Nc2ccc3c(c2)sc(=O)n3C)S(=O)(=O)c2ccc(C)cc2)c1. The van der Waals surface area contributed by atoms with Crippen molar-refractivity contribution >= 4 is 48.9 Å². The zero-order valence-electron chi connectivity index (χ0n) is 18.8. The van der Waals surface area contributed by atoms with Crippen LogP contribution in [0.5, 0.6) is 5.75 Å². The fraction of sp³-hybridized carbons (Fsp3) is 0.167. The summed E-state index contributed by atoms with van der Waals surface area (Å²) < 4.78 is 35.6. The molecule has 0 fully saturated rings. The van der Waals surface area contributed by atoms with Gasteiger partial charge in [-0.1, -0.05) is 35.1 Å². The number of nitrogens with zero attached hydrogens (tertiary/aromatic N) is 2. The van der Waals surface area contributed by atoms with Crippen LogP contribution in [0.3, 0.4) is 0 Å². The maximum atomic E-state index is 13.5. The maximum absolute atomic E-state index is 13.5. The molecular weight excluding hydrogens is 474 g/mol. The molecule has 1 N–H and O–H groups in total. The molecule has 1 heterocycles. The first-order chi connectivity index (χ1) is 16.2. The van der Waals surface area contributed by atoms with Crippen LogP contribution in [0.2, 0.25) is 0 Å². The number of carbonyl (C=O) groups excluding carboxylic acids is 1. The number of hydrogen-bond donors (Lipinski definition) is 1. The first kappa shape index (κ1) is 23.5. The number of methoxy groups -OCH3 is 1. The predicted molar refractivity (Wildman–Crippen MR) is 134 cm³/mol. The number of aryl methyl sites for hydroxylation is 2. The van der Waals surface area contributed by atoms with E-state index in [1.165, 1.54) is 23.8 Å². The fourth-order valence-corrected chi connectivity index (χ4v) is 5.79. The van der Waals surface area contributed by atoms with E-state index < -0.39 is 22.5 Å². The van der Waals surface area contributed by atoms with Gasteiger partial charge in [0.05, 0.1) is 27.9 Å². The number of anilines is 2. The highest BCUT2D eigenvalue weighted by Crippen LogP contribution is 2.27. The number of sulfonamides is 1. The van der Waals surface area contributed by atoms with E-state index >= 15 is 0 Å². The second-order valence-corrected chi connectivity index (χ2v) is 10.5. The average molecular weight is 498 g/mol. The molecule has 0 unspecified atom stereocenters.